The van der Waals surface area contributed by atoms with E-state index in [-0.39, 0.29) is 5.56 Å². The highest BCUT2D eigenvalue weighted by molar-refractivity contribution is 7.99. The van der Waals surface area contributed by atoms with E-state index >= 15 is 0 Å². The molecule has 4 rings (SSSR count). The Morgan fingerprint density at radius 1 is 1.08 bits per heavy atom. The van der Waals surface area contributed by atoms with Crippen molar-refractivity contribution in [3.05, 3.63) is 82.4 Å². The largest absolute Gasteiger partial charge is 0.298 e. The zero-order valence-electron chi connectivity index (χ0n) is 13.8. The fraction of sp³-hybridized carbons (Fsp3) is 0.100. The Morgan fingerprint density at radius 3 is 2.62 bits per heavy atom. The zero-order valence-corrected chi connectivity index (χ0v) is 16.2. The number of halogens is 1. The Hall–Kier alpha value is -2.08. The van der Waals surface area contributed by atoms with Gasteiger partial charge in [-0.05, 0) is 35.9 Å². The number of thioether (sulfide) groups is 1. The van der Waals surface area contributed by atoms with Crippen LogP contribution in [0.25, 0.3) is 20.7 Å². The molecule has 0 unspecified atom stereocenters. The third-order valence-electron chi connectivity index (χ3n) is 3.99. The average molecular weight is 399 g/mol. The molecule has 0 aliphatic heterocycles. The summed E-state index contributed by atoms with van der Waals surface area (Å²) in [5, 5.41) is 1.42. The number of nitrogens with zero attached hydrogens (tertiary/aromatic N) is 2. The smallest absolute Gasteiger partial charge is 0.262 e. The van der Waals surface area contributed by atoms with E-state index in [0.29, 0.717) is 11.9 Å². The van der Waals surface area contributed by atoms with E-state index in [4.69, 9.17) is 11.6 Å². The summed E-state index contributed by atoms with van der Waals surface area (Å²) in [7, 11) is 0. The van der Waals surface area contributed by atoms with Gasteiger partial charge >= 0.3 is 0 Å². The summed E-state index contributed by atoms with van der Waals surface area (Å²) in [6, 6.07) is 19.8. The second-order valence-electron chi connectivity index (χ2n) is 5.74. The molecular weight excluding hydrogens is 384 g/mol. The van der Waals surface area contributed by atoms with Crippen LogP contribution in [-0.2, 0) is 6.54 Å². The Labute approximate surface area is 164 Å². The molecule has 3 nitrogen and oxygen atoms in total. The van der Waals surface area contributed by atoms with Crippen molar-refractivity contribution < 1.29 is 0 Å². The maximum atomic E-state index is 12.8. The molecule has 0 atom stereocenters. The van der Waals surface area contributed by atoms with Gasteiger partial charge in [0.1, 0.15) is 4.83 Å². The van der Waals surface area contributed by atoms with Crippen LogP contribution in [0.1, 0.15) is 0 Å². The van der Waals surface area contributed by atoms with Crippen molar-refractivity contribution in [2.24, 2.45) is 0 Å². The van der Waals surface area contributed by atoms with E-state index in [1.54, 1.807) is 34.0 Å². The summed E-state index contributed by atoms with van der Waals surface area (Å²) in [6.45, 7) is 0.617. The zero-order chi connectivity index (χ0) is 17.9. The van der Waals surface area contributed by atoms with E-state index in [2.05, 4.69) is 4.98 Å². The molecular formula is C20H15ClN2OS2. The number of hydrogen-bond donors (Lipinski definition) is 0. The summed E-state index contributed by atoms with van der Waals surface area (Å²) >= 11 is 9.15. The lowest BCUT2D eigenvalue weighted by Crippen LogP contribution is -2.20. The van der Waals surface area contributed by atoms with E-state index in [1.165, 1.54) is 0 Å². The first-order valence-corrected chi connectivity index (χ1v) is 10.3. The van der Waals surface area contributed by atoms with Crippen molar-refractivity contribution in [1.82, 2.24) is 9.55 Å². The van der Waals surface area contributed by atoms with Crippen LogP contribution in [0.3, 0.4) is 0 Å². The molecule has 0 saturated carbocycles. The third kappa shape index (κ3) is 3.70. The Kier molecular flexibility index (Phi) is 5.11. The summed E-state index contributed by atoms with van der Waals surface area (Å²) in [4.78, 5) is 20.2. The van der Waals surface area contributed by atoms with Crippen molar-refractivity contribution in [3.63, 3.8) is 0 Å². The van der Waals surface area contributed by atoms with Gasteiger partial charge in [0.25, 0.3) is 5.56 Å². The van der Waals surface area contributed by atoms with Gasteiger partial charge in [-0.1, -0.05) is 41.9 Å². The van der Waals surface area contributed by atoms with Crippen molar-refractivity contribution in [3.8, 4) is 10.4 Å². The Morgan fingerprint density at radius 2 is 1.85 bits per heavy atom. The van der Waals surface area contributed by atoms with Crippen LogP contribution in [0, 0.1) is 0 Å². The molecule has 26 heavy (non-hydrogen) atoms. The lowest BCUT2D eigenvalue weighted by Gasteiger charge is -2.05. The van der Waals surface area contributed by atoms with E-state index < -0.39 is 0 Å². The van der Waals surface area contributed by atoms with Crippen LogP contribution in [0.5, 0.6) is 0 Å². The van der Waals surface area contributed by atoms with Crippen molar-refractivity contribution in [2.45, 2.75) is 11.4 Å². The number of fused-ring (bicyclic) bond motifs is 1. The molecule has 2 aromatic carbocycles. The minimum atomic E-state index is 0.0186. The average Bonchev–Trinajstić information content (AvgIpc) is 3.11. The maximum absolute atomic E-state index is 12.8. The molecule has 0 N–H and O–H groups in total. The molecule has 0 radical (unpaired) electrons. The quantitative estimate of drug-likeness (QED) is 0.412. The first kappa shape index (κ1) is 17.3. The van der Waals surface area contributed by atoms with Crippen LogP contribution >= 0.6 is 34.7 Å². The summed E-state index contributed by atoms with van der Waals surface area (Å²) in [6.07, 6.45) is 1.65. The molecule has 4 aromatic rings. The van der Waals surface area contributed by atoms with Gasteiger partial charge in [-0.3, -0.25) is 9.36 Å². The van der Waals surface area contributed by atoms with Crippen LogP contribution in [0.4, 0.5) is 0 Å². The summed E-state index contributed by atoms with van der Waals surface area (Å²) < 4.78 is 1.69. The second-order valence-corrected chi connectivity index (χ2v) is 8.38. The van der Waals surface area contributed by atoms with Crippen LogP contribution in [-0.4, -0.2) is 15.3 Å². The fourth-order valence-electron chi connectivity index (χ4n) is 2.66. The summed E-state index contributed by atoms with van der Waals surface area (Å²) in [5.74, 6) is 0.796. The number of aryl methyl sites for hydroxylation is 1. The normalized spacial score (nSPS) is 11.1. The minimum Gasteiger partial charge on any atom is -0.298 e. The predicted octanol–water partition coefficient (Wildman–Crippen LogP) is 5.57. The van der Waals surface area contributed by atoms with Crippen molar-refractivity contribution in [1.29, 1.82) is 0 Å². The molecule has 2 heterocycles. The molecule has 6 heteroatoms. The van der Waals surface area contributed by atoms with Gasteiger partial charge < -0.3 is 0 Å². The first-order chi connectivity index (χ1) is 12.7. The van der Waals surface area contributed by atoms with Crippen molar-refractivity contribution >= 4 is 44.9 Å². The topological polar surface area (TPSA) is 34.9 Å². The third-order valence-corrected chi connectivity index (χ3v) is 6.33. The van der Waals surface area contributed by atoms with E-state index in [0.717, 1.165) is 30.9 Å². The fourth-order valence-corrected chi connectivity index (χ4v) is 4.63. The monoisotopic (exact) mass is 398 g/mol. The van der Waals surface area contributed by atoms with Crippen molar-refractivity contribution in [2.75, 3.05) is 5.75 Å². The van der Waals surface area contributed by atoms with Crippen LogP contribution < -0.4 is 5.56 Å². The van der Waals surface area contributed by atoms with Gasteiger partial charge in [-0.2, -0.15) is 0 Å². The molecule has 0 fully saturated rings. The van der Waals surface area contributed by atoms with Crippen LogP contribution in [0.15, 0.2) is 76.7 Å². The molecule has 0 saturated heterocycles. The highest BCUT2D eigenvalue weighted by atomic mass is 35.5. The van der Waals surface area contributed by atoms with Gasteiger partial charge in [-0.25, -0.2) is 4.98 Å². The second kappa shape index (κ2) is 7.66. The van der Waals surface area contributed by atoms with Gasteiger partial charge in [0, 0.05) is 27.1 Å². The number of hydrogen-bond acceptors (Lipinski definition) is 4. The standard InChI is InChI=1S/C20H15ClN2OS2/c21-15-6-8-16(9-7-15)25-11-10-23-13-22-19-17(20(23)24)12-18(26-19)14-4-2-1-3-5-14/h1-9,12-13H,10-11H2. The van der Waals surface area contributed by atoms with Gasteiger partial charge in [0.15, 0.2) is 0 Å². The minimum absolute atomic E-state index is 0.0186. The Bertz CT molecular complexity index is 1090. The van der Waals surface area contributed by atoms with E-state index in [1.807, 2.05) is 60.7 Å². The number of benzene rings is 2. The maximum Gasteiger partial charge on any atom is 0.262 e. The highest BCUT2D eigenvalue weighted by Gasteiger charge is 2.10. The molecule has 130 valence electrons. The summed E-state index contributed by atoms with van der Waals surface area (Å²) in [5.41, 5.74) is 1.13. The van der Waals surface area contributed by atoms with Gasteiger partial charge in [0.2, 0.25) is 0 Å². The molecule has 0 aliphatic rings. The molecule has 0 bridgehead atoms. The Balaban J connectivity index is 1.54. The number of aromatic nitrogens is 2. The predicted molar refractivity (Wildman–Crippen MR) is 111 cm³/mol. The highest BCUT2D eigenvalue weighted by Crippen LogP contribution is 2.30. The number of rotatable bonds is 5. The number of thiophene rings is 1. The van der Waals surface area contributed by atoms with E-state index in [9.17, 15) is 4.79 Å². The van der Waals surface area contributed by atoms with Gasteiger partial charge in [0.05, 0.1) is 11.7 Å². The first-order valence-electron chi connectivity index (χ1n) is 8.13. The lowest BCUT2D eigenvalue weighted by atomic mass is 10.2. The van der Waals surface area contributed by atoms with Gasteiger partial charge in [-0.15, -0.1) is 23.1 Å². The SMILES string of the molecule is O=c1c2cc(-c3ccccc3)sc2ncn1CCSc1ccc(Cl)cc1. The molecule has 2 aromatic heterocycles. The molecule has 0 spiro atoms. The molecule has 0 aliphatic carbocycles. The van der Waals surface area contributed by atoms with Crippen LogP contribution in [0.2, 0.25) is 5.02 Å². The molecule has 0 amide bonds. The lowest BCUT2D eigenvalue weighted by molar-refractivity contribution is 0.726.